The van der Waals surface area contributed by atoms with Gasteiger partial charge in [0.05, 0.1) is 11.9 Å². The van der Waals surface area contributed by atoms with Crippen LogP contribution in [0.3, 0.4) is 0 Å². The zero-order valence-corrected chi connectivity index (χ0v) is 10.9. The molecule has 2 rings (SSSR count). The minimum atomic E-state index is -0.272. The van der Waals surface area contributed by atoms with E-state index in [0.29, 0.717) is 25.2 Å². The second-order valence-electron chi connectivity index (χ2n) is 4.34. The van der Waals surface area contributed by atoms with Gasteiger partial charge in [-0.15, -0.1) is 5.10 Å². The Hall–Kier alpha value is -2.28. The van der Waals surface area contributed by atoms with Crippen LogP contribution in [0, 0.1) is 5.82 Å². The van der Waals surface area contributed by atoms with Crippen molar-refractivity contribution >= 4 is 5.91 Å². The second kappa shape index (κ2) is 6.76. The van der Waals surface area contributed by atoms with Crippen LogP contribution in [0.5, 0.6) is 0 Å². The highest BCUT2D eigenvalue weighted by molar-refractivity contribution is 5.75. The normalized spacial score (nSPS) is 10.5. The fourth-order valence-electron chi connectivity index (χ4n) is 1.75. The maximum atomic E-state index is 13.0. The zero-order valence-electron chi connectivity index (χ0n) is 10.9. The molecule has 0 saturated carbocycles. The van der Waals surface area contributed by atoms with Crippen LogP contribution in [0.25, 0.3) is 0 Å². The molecule has 0 radical (unpaired) electrons. The van der Waals surface area contributed by atoms with E-state index in [0.717, 1.165) is 5.56 Å². The molecule has 0 aliphatic rings. The lowest BCUT2D eigenvalue weighted by Gasteiger charge is -2.05. The van der Waals surface area contributed by atoms with E-state index >= 15 is 0 Å². The van der Waals surface area contributed by atoms with E-state index < -0.39 is 0 Å². The molecule has 20 heavy (non-hydrogen) atoms. The summed E-state index contributed by atoms with van der Waals surface area (Å²) in [7, 11) is 0. The minimum absolute atomic E-state index is 0.0934. The number of halogens is 1. The molecule has 106 valence electrons. The van der Waals surface area contributed by atoms with Crippen LogP contribution in [0.2, 0.25) is 0 Å². The van der Waals surface area contributed by atoms with Crippen molar-refractivity contribution in [3.05, 3.63) is 47.5 Å². The first-order valence-electron chi connectivity index (χ1n) is 6.27. The SMILES string of the molecule is NCc1cn(CC(=O)NCCc2cccc(F)c2)nn1. The van der Waals surface area contributed by atoms with E-state index in [2.05, 4.69) is 15.6 Å². The Balaban J connectivity index is 1.75. The summed E-state index contributed by atoms with van der Waals surface area (Å²) >= 11 is 0. The average molecular weight is 277 g/mol. The fraction of sp³-hybridized carbons (Fsp3) is 0.308. The van der Waals surface area contributed by atoms with Gasteiger partial charge >= 0.3 is 0 Å². The first kappa shape index (κ1) is 14.1. The molecule has 6 nitrogen and oxygen atoms in total. The Morgan fingerprint density at radius 3 is 3.00 bits per heavy atom. The second-order valence-corrected chi connectivity index (χ2v) is 4.34. The number of carbonyl (C=O) groups excluding carboxylic acids is 1. The van der Waals surface area contributed by atoms with Crippen LogP contribution in [0.1, 0.15) is 11.3 Å². The highest BCUT2D eigenvalue weighted by Gasteiger charge is 2.05. The van der Waals surface area contributed by atoms with Gasteiger partial charge in [0.2, 0.25) is 5.91 Å². The smallest absolute Gasteiger partial charge is 0.241 e. The Bertz CT molecular complexity index is 584. The summed E-state index contributed by atoms with van der Waals surface area (Å²) in [6.07, 6.45) is 2.21. The number of aromatic nitrogens is 3. The lowest BCUT2D eigenvalue weighted by atomic mass is 10.1. The van der Waals surface area contributed by atoms with Crippen molar-refractivity contribution in [3.63, 3.8) is 0 Å². The third kappa shape index (κ3) is 4.13. The van der Waals surface area contributed by atoms with Crippen LogP contribution >= 0.6 is 0 Å². The van der Waals surface area contributed by atoms with Crippen LogP contribution in [0.15, 0.2) is 30.5 Å². The third-order valence-electron chi connectivity index (χ3n) is 2.73. The predicted molar refractivity (Wildman–Crippen MR) is 71.0 cm³/mol. The topological polar surface area (TPSA) is 85.8 Å². The number of nitrogens with zero attached hydrogens (tertiary/aromatic N) is 3. The van der Waals surface area contributed by atoms with Gasteiger partial charge in [0, 0.05) is 13.1 Å². The highest BCUT2D eigenvalue weighted by Crippen LogP contribution is 2.03. The van der Waals surface area contributed by atoms with E-state index in [1.807, 2.05) is 6.07 Å². The van der Waals surface area contributed by atoms with Gasteiger partial charge in [-0.1, -0.05) is 17.3 Å². The molecular weight excluding hydrogens is 261 g/mol. The van der Waals surface area contributed by atoms with Gasteiger partial charge in [0.15, 0.2) is 0 Å². The molecule has 1 amide bonds. The van der Waals surface area contributed by atoms with Crippen molar-refractivity contribution in [1.82, 2.24) is 20.3 Å². The summed E-state index contributed by atoms with van der Waals surface area (Å²) in [5.74, 6) is -0.444. The van der Waals surface area contributed by atoms with E-state index in [4.69, 9.17) is 5.73 Å². The molecule has 1 aromatic heterocycles. The van der Waals surface area contributed by atoms with Crippen molar-refractivity contribution in [3.8, 4) is 0 Å². The van der Waals surface area contributed by atoms with Crippen molar-refractivity contribution in [1.29, 1.82) is 0 Å². The Kier molecular flexibility index (Phi) is 4.78. The van der Waals surface area contributed by atoms with Crippen molar-refractivity contribution in [2.24, 2.45) is 5.73 Å². The maximum Gasteiger partial charge on any atom is 0.241 e. The molecule has 0 aliphatic carbocycles. The van der Waals surface area contributed by atoms with E-state index in [1.54, 1.807) is 12.3 Å². The van der Waals surface area contributed by atoms with Crippen LogP contribution in [-0.4, -0.2) is 27.4 Å². The lowest BCUT2D eigenvalue weighted by molar-refractivity contribution is -0.121. The molecule has 0 fully saturated rings. The van der Waals surface area contributed by atoms with Crippen molar-refractivity contribution in [2.75, 3.05) is 6.54 Å². The molecular formula is C13H16FN5O. The summed E-state index contributed by atoms with van der Waals surface area (Å²) in [5, 5.41) is 10.3. The predicted octanol–water partition coefficient (Wildman–Crippen LogP) is 0.235. The molecule has 0 spiro atoms. The summed E-state index contributed by atoms with van der Waals surface area (Å²) in [6, 6.07) is 6.31. The molecule has 3 N–H and O–H groups in total. The molecule has 7 heteroatoms. The molecule has 1 heterocycles. The quantitative estimate of drug-likeness (QED) is 0.791. The fourth-order valence-corrected chi connectivity index (χ4v) is 1.75. The van der Waals surface area contributed by atoms with Gasteiger partial charge < -0.3 is 11.1 Å². The summed E-state index contributed by atoms with van der Waals surface area (Å²) in [5.41, 5.74) is 6.88. The molecule has 0 atom stereocenters. The average Bonchev–Trinajstić information content (AvgIpc) is 2.86. The van der Waals surface area contributed by atoms with Crippen LogP contribution < -0.4 is 11.1 Å². The number of rotatable bonds is 6. The lowest BCUT2D eigenvalue weighted by Crippen LogP contribution is -2.29. The van der Waals surface area contributed by atoms with Crippen LogP contribution in [-0.2, 0) is 24.3 Å². The molecule has 0 bridgehead atoms. The number of hydrogen-bond donors (Lipinski definition) is 2. The van der Waals surface area contributed by atoms with E-state index in [-0.39, 0.29) is 18.3 Å². The van der Waals surface area contributed by atoms with Gasteiger partial charge in [-0.05, 0) is 24.1 Å². The first-order chi connectivity index (χ1) is 9.67. The van der Waals surface area contributed by atoms with Gasteiger partial charge in [-0.25, -0.2) is 9.07 Å². The molecule has 1 aromatic carbocycles. The number of amides is 1. The molecule has 0 unspecified atom stereocenters. The van der Waals surface area contributed by atoms with E-state index in [1.165, 1.54) is 16.8 Å². The zero-order chi connectivity index (χ0) is 14.4. The molecule has 2 aromatic rings. The Morgan fingerprint density at radius 2 is 2.30 bits per heavy atom. The first-order valence-corrected chi connectivity index (χ1v) is 6.27. The third-order valence-corrected chi connectivity index (χ3v) is 2.73. The van der Waals surface area contributed by atoms with Crippen molar-refractivity contribution < 1.29 is 9.18 Å². The molecule has 0 saturated heterocycles. The number of nitrogens with two attached hydrogens (primary N) is 1. The van der Waals surface area contributed by atoms with Gasteiger partial charge in [0.25, 0.3) is 0 Å². The Morgan fingerprint density at radius 1 is 1.45 bits per heavy atom. The van der Waals surface area contributed by atoms with Gasteiger partial charge in [-0.3, -0.25) is 4.79 Å². The van der Waals surface area contributed by atoms with Crippen molar-refractivity contribution in [2.45, 2.75) is 19.5 Å². The molecule has 0 aliphatic heterocycles. The number of benzene rings is 1. The number of hydrogen-bond acceptors (Lipinski definition) is 4. The number of carbonyl (C=O) groups is 1. The van der Waals surface area contributed by atoms with Gasteiger partial charge in [0.1, 0.15) is 12.4 Å². The van der Waals surface area contributed by atoms with Gasteiger partial charge in [-0.2, -0.15) is 0 Å². The highest BCUT2D eigenvalue weighted by atomic mass is 19.1. The summed E-state index contributed by atoms with van der Waals surface area (Å²) in [6.45, 7) is 0.831. The largest absolute Gasteiger partial charge is 0.354 e. The Labute approximate surface area is 115 Å². The number of nitrogens with one attached hydrogen (secondary N) is 1. The van der Waals surface area contributed by atoms with Crippen LogP contribution in [0.4, 0.5) is 4.39 Å². The monoisotopic (exact) mass is 277 g/mol. The standard InChI is InChI=1S/C13H16FN5O/c14-11-3-1-2-10(6-11)4-5-16-13(20)9-19-8-12(7-15)17-18-19/h1-3,6,8H,4-5,7,9,15H2,(H,16,20). The maximum absolute atomic E-state index is 13.0. The summed E-state index contributed by atoms with van der Waals surface area (Å²) < 4.78 is 14.4. The minimum Gasteiger partial charge on any atom is -0.354 e. The van der Waals surface area contributed by atoms with E-state index in [9.17, 15) is 9.18 Å². The summed E-state index contributed by atoms with van der Waals surface area (Å²) in [4.78, 5) is 11.7.